The summed E-state index contributed by atoms with van der Waals surface area (Å²) in [7, 11) is -4.06. The highest BCUT2D eigenvalue weighted by molar-refractivity contribution is 7.89. The van der Waals surface area contributed by atoms with Crippen molar-refractivity contribution in [1.82, 2.24) is 10.0 Å². The van der Waals surface area contributed by atoms with Gasteiger partial charge in [-0.05, 0) is 37.3 Å². The van der Waals surface area contributed by atoms with Crippen molar-refractivity contribution in [3.05, 3.63) is 29.8 Å². The van der Waals surface area contributed by atoms with E-state index in [1.165, 1.54) is 25.1 Å². The second kappa shape index (κ2) is 9.85. The lowest BCUT2D eigenvalue weighted by molar-refractivity contribution is -0.154. The predicted octanol–water partition coefficient (Wildman–Crippen LogP) is 1.71. The summed E-state index contributed by atoms with van der Waals surface area (Å²) in [6.07, 6.45) is 2.02. The summed E-state index contributed by atoms with van der Waals surface area (Å²) in [5, 5.41) is 12.0. The summed E-state index contributed by atoms with van der Waals surface area (Å²) in [6.45, 7) is 5.06. The Morgan fingerprint density at radius 2 is 1.97 bits per heavy atom. The first-order valence-electron chi connectivity index (χ1n) is 9.64. The van der Waals surface area contributed by atoms with Crippen LogP contribution in [-0.2, 0) is 24.3 Å². The number of ether oxygens (including phenoxy) is 1. The summed E-state index contributed by atoms with van der Waals surface area (Å²) < 4.78 is 31.8. The summed E-state index contributed by atoms with van der Waals surface area (Å²) in [5.41, 5.74) is -0.0306. The molecule has 0 bridgehead atoms. The molecular formula is C20H27N3O5S. The van der Waals surface area contributed by atoms with Gasteiger partial charge in [0.25, 0.3) is 5.91 Å². The number of nitrogens with zero attached hydrogens (tertiary/aromatic N) is 1. The van der Waals surface area contributed by atoms with E-state index in [0.717, 1.165) is 19.3 Å². The zero-order chi connectivity index (χ0) is 21.6. The van der Waals surface area contributed by atoms with E-state index in [1.807, 2.05) is 0 Å². The number of nitrogens with one attached hydrogen (secondary N) is 2. The Morgan fingerprint density at radius 3 is 2.66 bits per heavy atom. The highest BCUT2D eigenvalue weighted by Gasteiger charge is 2.30. The summed E-state index contributed by atoms with van der Waals surface area (Å²) in [5.74, 6) is -0.432. The number of hydrogen-bond acceptors (Lipinski definition) is 6. The smallest absolute Gasteiger partial charge is 0.321 e. The molecule has 4 atom stereocenters. The minimum Gasteiger partial charge on any atom is -0.452 e. The second-order valence-corrected chi connectivity index (χ2v) is 9.18. The Kier molecular flexibility index (Phi) is 7.76. The van der Waals surface area contributed by atoms with E-state index in [0.29, 0.717) is 11.8 Å². The highest BCUT2D eigenvalue weighted by atomic mass is 32.2. The lowest BCUT2D eigenvalue weighted by Crippen LogP contribution is -2.48. The Labute approximate surface area is 171 Å². The van der Waals surface area contributed by atoms with E-state index in [1.54, 1.807) is 12.1 Å². The Bertz CT molecular complexity index is 894. The van der Waals surface area contributed by atoms with Crippen LogP contribution in [0.25, 0.3) is 0 Å². The molecule has 0 radical (unpaired) electrons. The van der Waals surface area contributed by atoms with Gasteiger partial charge in [0.05, 0.1) is 10.5 Å². The SMILES string of the molecule is C[C@H]1[C@@H](NC(=O)[C@@H](C)OC(=O)CNS(=O)(=O)c2ccccc2C#N)CCC[C@@H]1C. The summed E-state index contributed by atoms with van der Waals surface area (Å²) in [4.78, 5) is 24.1. The second-order valence-electron chi connectivity index (χ2n) is 7.45. The first kappa shape index (κ1) is 22.8. The van der Waals surface area contributed by atoms with E-state index < -0.39 is 34.5 Å². The van der Waals surface area contributed by atoms with Crippen LogP contribution in [0.1, 0.15) is 45.6 Å². The Morgan fingerprint density at radius 1 is 1.28 bits per heavy atom. The number of sulfonamides is 1. The van der Waals surface area contributed by atoms with Gasteiger partial charge in [-0.2, -0.15) is 9.98 Å². The summed E-state index contributed by atoms with van der Waals surface area (Å²) >= 11 is 0. The monoisotopic (exact) mass is 421 g/mol. The molecule has 0 unspecified atom stereocenters. The first-order valence-corrected chi connectivity index (χ1v) is 11.1. The number of carbonyl (C=O) groups excluding carboxylic acids is 2. The average Bonchev–Trinajstić information content (AvgIpc) is 2.69. The zero-order valence-corrected chi connectivity index (χ0v) is 17.7. The van der Waals surface area contributed by atoms with Gasteiger partial charge in [-0.15, -0.1) is 0 Å². The fraction of sp³-hybridized carbons (Fsp3) is 0.550. The molecule has 9 heteroatoms. The molecule has 1 aliphatic carbocycles. The minimum absolute atomic E-state index is 0.0306. The van der Waals surface area contributed by atoms with Gasteiger partial charge in [-0.25, -0.2) is 8.42 Å². The molecule has 1 aliphatic rings. The molecule has 1 aromatic rings. The third-order valence-electron chi connectivity index (χ3n) is 5.42. The molecule has 8 nitrogen and oxygen atoms in total. The predicted molar refractivity (Wildman–Crippen MR) is 106 cm³/mol. The van der Waals surface area contributed by atoms with Gasteiger partial charge in [-0.3, -0.25) is 9.59 Å². The fourth-order valence-corrected chi connectivity index (χ4v) is 4.53. The Balaban J connectivity index is 1.88. The molecule has 0 saturated heterocycles. The number of esters is 1. The maximum atomic E-state index is 12.3. The molecule has 0 aromatic heterocycles. The topological polar surface area (TPSA) is 125 Å². The van der Waals surface area contributed by atoms with Crippen molar-refractivity contribution < 1.29 is 22.7 Å². The van der Waals surface area contributed by atoms with Crippen molar-refractivity contribution in [3.63, 3.8) is 0 Å². The van der Waals surface area contributed by atoms with E-state index in [4.69, 9.17) is 10.00 Å². The number of benzene rings is 1. The standard InChI is InChI=1S/C20H27N3O5S/c1-13-7-6-9-17(14(13)2)23-20(25)15(3)28-19(24)12-22-29(26,27)18-10-5-4-8-16(18)11-21/h4-5,8,10,13-15,17,22H,6-7,9,12H2,1-3H3,(H,23,25)/t13-,14+,15+,17-/m0/s1. The van der Waals surface area contributed by atoms with Gasteiger partial charge in [0, 0.05) is 6.04 Å². The minimum atomic E-state index is -4.06. The molecule has 1 amide bonds. The maximum Gasteiger partial charge on any atom is 0.321 e. The van der Waals surface area contributed by atoms with Gasteiger partial charge in [-0.1, -0.05) is 38.8 Å². The first-order chi connectivity index (χ1) is 13.7. The van der Waals surface area contributed by atoms with Crippen LogP contribution >= 0.6 is 0 Å². The van der Waals surface area contributed by atoms with E-state index in [-0.39, 0.29) is 16.5 Å². The van der Waals surface area contributed by atoms with Crippen LogP contribution in [0.15, 0.2) is 29.2 Å². The van der Waals surface area contributed by atoms with E-state index in [2.05, 4.69) is 23.9 Å². The molecule has 158 valence electrons. The van der Waals surface area contributed by atoms with Crippen LogP contribution in [0.3, 0.4) is 0 Å². The van der Waals surface area contributed by atoms with Crippen molar-refractivity contribution in [3.8, 4) is 6.07 Å². The van der Waals surface area contributed by atoms with Crippen molar-refractivity contribution in [2.45, 2.75) is 57.1 Å². The molecular weight excluding hydrogens is 394 g/mol. The number of amides is 1. The number of nitriles is 1. The van der Waals surface area contributed by atoms with Crippen LogP contribution in [-0.4, -0.2) is 39.0 Å². The van der Waals surface area contributed by atoms with E-state index in [9.17, 15) is 18.0 Å². The number of hydrogen-bond donors (Lipinski definition) is 2. The summed E-state index contributed by atoms with van der Waals surface area (Å²) in [6, 6.07) is 7.49. The zero-order valence-electron chi connectivity index (χ0n) is 16.8. The molecule has 0 spiro atoms. The van der Waals surface area contributed by atoms with Crippen LogP contribution in [0.2, 0.25) is 0 Å². The normalized spacial score (nSPS) is 22.9. The largest absolute Gasteiger partial charge is 0.452 e. The molecule has 29 heavy (non-hydrogen) atoms. The maximum absolute atomic E-state index is 12.3. The van der Waals surface area contributed by atoms with Gasteiger partial charge < -0.3 is 10.1 Å². The van der Waals surface area contributed by atoms with Crippen LogP contribution in [0.5, 0.6) is 0 Å². The fourth-order valence-electron chi connectivity index (χ4n) is 3.40. The lowest BCUT2D eigenvalue weighted by atomic mass is 9.78. The molecule has 0 heterocycles. The van der Waals surface area contributed by atoms with E-state index >= 15 is 0 Å². The average molecular weight is 422 g/mol. The third kappa shape index (κ3) is 6.02. The van der Waals surface area contributed by atoms with Gasteiger partial charge in [0.2, 0.25) is 10.0 Å². The quantitative estimate of drug-likeness (QED) is 0.646. The van der Waals surface area contributed by atoms with Gasteiger partial charge in [0.15, 0.2) is 6.10 Å². The lowest BCUT2D eigenvalue weighted by Gasteiger charge is -2.35. The van der Waals surface area contributed by atoms with Crippen LogP contribution in [0.4, 0.5) is 0 Å². The van der Waals surface area contributed by atoms with Gasteiger partial charge >= 0.3 is 5.97 Å². The van der Waals surface area contributed by atoms with Gasteiger partial charge in [0.1, 0.15) is 12.6 Å². The molecule has 0 aliphatic heterocycles. The van der Waals surface area contributed by atoms with Crippen LogP contribution in [0, 0.1) is 23.2 Å². The number of rotatable bonds is 7. The van der Waals surface area contributed by atoms with Crippen molar-refractivity contribution in [2.75, 3.05) is 6.54 Å². The highest BCUT2D eigenvalue weighted by Crippen LogP contribution is 2.29. The molecule has 2 N–H and O–H groups in total. The molecule has 1 aromatic carbocycles. The Hall–Kier alpha value is -2.44. The van der Waals surface area contributed by atoms with Crippen molar-refractivity contribution in [2.24, 2.45) is 11.8 Å². The molecule has 2 rings (SSSR count). The molecule has 1 fully saturated rings. The molecule has 1 saturated carbocycles. The van der Waals surface area contributed by atoms with Crippen LogP contribution < -0.4 is 10.0 Å². The third-order valence-corrected chi connectivity index (χ3v) is 6.87. The number of carbonyl (C=O) groups is 2. The van der Waals surface area contributed by atoms with Crippen molar-refractivity contribution in [1.29, 1.82) is 5.26 Å². The van der Waals surface area contributed by atoms with Crippen molar-refractivity contribution >= 4 is 21.9 Å².